The lowest BCUT2D eigenvalue weighted by molar-refractivity contribution is -0.0230. The van der Waals surface area contributed by atoms with Gasteiger partial charge < -0.3 is 9.46 Å². The number of halogens is 2. The molecular formula is C9H12F2N2OS. The highest BCUT2D eigenvalue weighted by Crippen LogP contribution is 2.19. The first-order chi connectivity index (χ1) is 7.01. The molecule has 3 nitrogen and oxygen atoms in total. The fourth-order valence-electron chi connectivity index (χ4n) is 0.881. The van der Waals surface area contributed by atoms with E-state index in [2.05, 4.69) is 9.71 Å². The van der Waals surface area contributed by atoms with Gasteiger partial charge in [-0.3, -0.25) is 4.98 Å². The molecule has 1 aromatic heterocycles. The van der Waals surface area contributed by atoms with Crippen LogP contribution in [-0.2, 0) is 0 Å². The van der Waals surface area contributed by atoms with E-state index in [9.17, 15) is 8.78 Å². The molecule has 0 aliphatic carbocycles. The van der Waals surface area contributed by atoms with Gasteiger partial charge in [0.15, 0.2) is 6.61 Å². The van der Waals surface area contributed by atoms with Crippen molar-refractivity contribution in [1.82, 2.24) is 4.98 Å². The fourth-order valence-corrected chi connectivity index (χ4v) is 1.23. The molecule has 1 N–H and O–H groups in total. The molecule has 0 unspecified atom stereocenters. The van der Waals surface area contributed by atoms with E-state index in [0.29, 0.717) is 5.75 Å². The van der Waals surface area contributed by atoms with Crippen LogP contribution < -0.4 is 9.46 Å². The molecule has 15 heavy (non-hydrogen) atoms. The summed E-state index contributed by atoms with van der Waals surface area (Å²) >= 11 is 1.39. The molecule has 6 heteroatoms. The number of rotatable bonds is 5. The Hall–Kier alpha value is -1.04. The van der Waals surface area contributed by atoms with Gasteiger partial charge in [-0.2, -0.15) is 0 Å². The lowest BCUT2D eigenvalue weighted by Gasteiger charge is -2.12. The molecule has 0 aliphatic heterocycles. The second-order valence-electron chi connectivity index (χ2n) is 3.07. The maximum Gasteiger partial charge on any atom is 0.278 e. The molecule has 0 saturated carbocycles. The standard InChI is InChI=1S/C9H12F2N2OS/c1-9(10,11)6-14-8-3-7(13-15-2)4-12-5-8/h3-5,13H,6H2,1-2H3. The summed E-state index contributed by atoms with van der Waals surface area (Å²) in [5, 5.41) is 0. The quantitative estimate of drug-likeness (QED) is 0.794. The lowest BCUT2D eigenvalue weighted by atomic mass is 10.4. The van der Waals surface area contributed by atoms with Crippen molar-refractivity contribution in [3.05, 3.63) is 18.5 Å². The Morgan fingerprint density at radius 1 is 1.53 bits per heavy atom. The predicted molar refractivity (Wildman–Crippen MR) is 57.5 cm³/mol. The van der Waals surface area contributed by atoms with Crippen molar-refractivity contribution in [2.75, 3.05) is 17.6 Å². The lowest BCUT2D eigenvalue weighted by Crippen LogP contribution is -2.20. The number of hydrogen-bond donors (Lipinski definition) is 1. The van der Waals surface area contributed by atoms with Gasteiger partial charge >= 0.3 is 0 Å². The minimum absolute atomic E-state index is 0.329. The van der Waals surface area contributed by atoms with Gasteiger partial charge in [-0.05, 0) is 0 Å². The Kier molecular flexibility index (Phi) is 4.14. The zero-order valence-electron chi connectivity index (χ0n) is 8.46. The van der Waals surface area contributed by atoms with Crippen molar-refractivity contribution in [2.45, 2.75) is 12.8 Å². The van der Waals surface area contributed by atoms with Crippen molar-refractivity contribution < 1.29 is 13.5 Å². The van der Waals surface area contributed by atoms with Gasteiger partial charge in [0.2, 0.25) is 0 Å². The van der Waals surface area contributed by atoms with Crippen LogP contribution in [0.25, 0.3) is 0 Å². The van der Waals surface area contributed by atoms with Crippen LogP contribution in [0.2, 0.25) is 0 Å². The largest absolute Gasteiger partial charge is 0.486 e. The van der Waals surface area contributed by atoms with E-state index < -0.39 is 12.5 Å². The fraction of sp³-hybridized carbons (Fsp3) is 0.444. The van der Waals surface area contributed by atoms with E-state index in [1.807, 2.05) is 6.26 Å². The number of nitrogens with zero attached hydrogens (tertiary/aromatic N) is 1. The summed E-state index contributed by atoms with van der Waals surface area (Å²) in [6.07, 6.45) is 4.85. The second-order valence-corrected chi connectivity index (χ2v) is 3.69. The number of hydrogen-bond acceptors (Lipinski definition) is 4. The smallest absolute Gasteiger partial charge is 0.278 e. The molecule has 1 rings (SSSR count). The van der Waals surface area contributed by atoms with Gasteiger partial charge in [0, 0.05) is 19.2 Å². The van der Waals surface area contributed by atoms with E-state index in [0.717, 1.165) is 12.6 Å². The first kappa shape index (κ1) is 12.0. The van der Waals surface area contributed by atoms with Crippen LogP contribution in [-0.4, -0.2) is 23.8 Å². The summed E-state index contributed by atoms with van der Waals surface area (Å²) in [7, 11) is 0. The summed E-state index contributed by atoms with van der Waals surface area (Å²) in [6, 6.07) is 1.62. The van der Waals surface area contributed by atoms with Gasteiger partial charge in [-0.25, -0.2) is 8.78 Å². The maximum absolute atomic E-state index is 12.5. The normalized spacial score (nSPS) is 11.2. The Balaban J connectivity index is 2.57. The highest BCUT2D eigenvalue weighted by Gasteiger charge is 2.22. The maximum atomic E-state index is 12.5. The van der Waals surface area contributed by atoms with Gasteiger partial charge in [0.1, 0.15) is 5.75 Å². The summed E-state index contributed by atoms with van der Waals surface area (Å²) in [6.45, 7) is 0.168. The highest BCUT2D eigenvalue weighted by atomic mass is 32.2. The minimum Gasteiger partial charge on any atom is -0.486 e. The summed E-state index contributed by atoms with van der Waals surface area (Å²) in [5.74, 6) is -2.50. The predicted octanol–water partition coefficient (Wildman–Crippen LogP) is 2.81. The third kappa shape index (κ3) is 4.83. The summed E-state index contributed by atoms with van der Waals surface area (Å²) in [4.78, 5) is 3.86. The van der Waals surface area contributed by atoms with Gasteiger partial charge in [0.25, 0.3) is 5.92 Å². The second kappa shape index (κ2) is 5.16. The molecule has 1 heterocycles. The minimum atomic E-state index is -2.83. The summed E-state index contributed by atoms with van der Waals surface area (Å²) < 4.78 is 32.8. The first-order valence-electron chi connectivity index (χ1n) is 4.26. The van der Waals surface area contributed by atoms with Crippen molar-refractivity contribution in [3.63, 3.8) is 0 Å². The average molecular weight is 234 g/mol. The molecule has 0 bridgehead atoms. The van der Waals surface area contributed by atoms with Crippen molar-refractivity contribution in [1.29, 1.82) is 0 Å². The number of aromatic nitrogens is 1. The highest BCUT2D eigenvalue weighted by molar-refractivity contribution is 7.99. The summed E-state index contributed by atoms with van der Waals surface area (Å²) in [5.41, 5.74) is 0.722. The van der Waals surface area contributed by atoms with Gasteiger partial charge in [-0.1, -0.05) is 11.9 Å². The molecule has 0 radical (unpaired) electrons. The van der Waals surface area contributed by atoms with E-state index in [-0.39, 0.29) is 0 Å². The topological polar surface area (TPSA) is 34.2 Å². The molecule has 0 amide bonds. The van der Waals surface area contributed by atoms with E-state index in [4.69, 9.17) is 4.74 Å². The van der Waals surface area contributed by atoms with Crippen LogP contribution in [0.5, 0.6) is 5.75 Å². The van der Waals surface area contributed by atoms with Crippen LogP contribution in [0.4, 0.5) is 14.5 Å². The number of alkyl halides is 2. The van der Waals surface area contributed by atoms with E-state index in [1.165, 1.54) is 18.1 Å². The van der Waals surface area contributed by atoms with Crippen LogP contribution in [0.3, 0.4) is 0 Å². The molecule has 0 aliphatic rings. The van der Waals surface area contributed by atoms with E-state index >= 15 is 0 Å². The van der Waals surface area contributed by atoms with Crippen LogP contribution >= 0.6 is 11.9 Å². The van der Waals surface area contributed by atoms with Gasteiger partial charge in [0.05, 0.1) is 18.1 Å². The zero-order valence-corrected chi connectivity index (χ0v) is 9.28. The molecular weight excluding hydrogens is 222 g/mol. The average Bonchev–Trinajstić information content (AvgIpc) is 2.15. The van der Waals surface area contributed by atoms with Crippen molar-refractivity contribution in [2.24, 2.45) is 0 Å². The molecule has 0 atom stereocenters. The van der Waals surface area contributed by atoms with Crippen molar-refractivity contribution in [3.8, 4) is 5.75 Å². The van der Waals surface area contributed by atoms with Crippen LogP contribution in [0.1, 0.15) is 6.92 Å². The number of ether oxygens (including phenoxy) is 1. The molecule has 0 aromatic carbocycles. The number of pyridine rings is 1. The monoisotopic (exact) mass is 234 g/mol. The number of anilines is 1. The molecule has 0 spiro atoms. The Labute approximate surface area is 91.4 Å². The van der Waals surface area contributed by atoms with Crippen LogP contribution in [0.15, 0.2) is 18.5 Å². The third-order valence-corrected chi connectivity index (χ3v) is 1.87. The molecule has 0 fully saturated rings. The Morgan fingerprint density at radius 2 is 2.27 bits per heavy atom. The Morgan fingerprint density at radius 3 is 2.87 bits per heavy atom. The third-order valence-electron chi connectivity index (χ3n) is 1.43. The van der Waals surface area contributed by atoms with Crippen molar-refractivity contribution >= 4 is 17.6 Å². The Bertz CT molecular complexity index is 317. The van der Waals surface area contributed by atoms with E-state index in [1.54, 1.807) is 12.3 Å². The zero-order chi connectivity index (χ0) is 11.3. The molecule has 84 valence electrons. The first-order valence-corrected chi connectivity index (χ1v) is 5.48. The molecule has 1 aromatic rings. The van der Waals surface area contributed by atoms with Crippen LogP contribution in [0, 0.1) is 0 Å². The SMILES string of the molecule is CSNc1cncc(OCC(C)(F)F)c1. The number of nitrogens with one attached hydrogen (secondary N) is 1. The molecule has 0 saturated heterocycles. The van der Waals surface area contributed by atoms with Gasteiger partial charge in [-0.15, -0.1) is 0 Å².